The number of primary sulfonamides is 1. The summed E-state index contributed by atoms with van der Waals surface area (Å²) in [6.45, 7) is 1.75. The van der Waals surface area contributed by atoms with Crippen LogP contribution in [0.25, 0.3) is 0 Å². The van der Waals surface area contributed by atoms with E-state index in [1.807, 2.05) is 0 Å². The Labute approximate surface area is 116 Å². The number of benzene rings is 1. The second kappa shape index (κ2) is 6.44. The topological polar surface area (TPSA) is 132 Å². The zero-order valence-electron chi connectivity index (χ0n) is 10.8. The quantitative estimate of drug-likeness (QED) is 0.443. The maximum Gasteiger partial charge on any atom is 0.269 e. The number of rotatable bonds is 6. The van der Waals surface area contributed by atoms with Crippen LogP contribution in [0.4, 0.5) is 5.69 Å². The summed E-state index contributed by atoms with van der Waals surface area (Å²) in [4.78, 5) is 21.8. The van der Waals surface area contributed by atoms with Crippen LogP contribution in [0.5, 0.6) is 0 Å². The molecule has 0 saturated heterocycles. The fraction of sp³-hybridized carbons (Fsp3) is 0.364. The number of nitrogens with two attached hydrogens (primary N) is 1. The maximum absolute atomic E-state index is 11.8. The minimum atomic E-state index is -3.54. The molecule has 3 N–H and O–H groups in total. The normalized spacial score (nSPS) is 11.1. The minimum absolute atomic E-state index is 0.0896. The van der Waals surface area contributed by atoms with Gasteiger partial charge in [-0.2, -0.15) is 0 Å². The Balaban J connectivity index is 2.62. The Bertz CT molecular complexity index is 627. The van der Waals surface area contributed by atoms with Crippen molar-refractivity contribution in [3.63, 3.8) is 0 Å². The molecule has 0 unspecified atom stereocenters. The van der Waals surface area contributed by atoms with Crippen LogP contribution in [0.15, 0.2) is 18.2 Å². The summed E-state index contributed by atoms with van der Waals surface area (Å²) in [5.74, 6) is -0.626. The lowest BCUT2D eigenvalue weighted by atomic mass is 10.1. The highest BCUT2D eigenvalue weighted by Crippen LogP contribution is 2.16. The van der Waals surface area contributed by atoms with Crippen molar-refractivity contribution < 1.29 is 18.1 Å². The predicted molar refractivity (Wildman–Crippen MR) is 72.8 cm³/mol. The molecule has 1 aromatic carbocycles. The van der Waals surface area contributed by atoms with Crippen molar-refractivity contribution in [2.75, 3.05) is 12.3 Å². The second-order valence-electron chi connectivity index (χ2n) is 4.23. The van der Waals surface area contributed by atoms with Gasteiger partial charge >= 0.3 is 0 Å². The fourth-order valence-corrected chi connectivity index (χ4v) is 2.13. The van der Waals surface area contributed by atoms with Crippen LogP contribution < -0.4 is 10.5 Å². The summed E-state index contributed by atoms with van der Waals surface area (Å²) in [5, 5.41) is 17.9. The first kappa shape index (κ1) is 16.1. The average molecular weight is 301 g/mol. The number of hydrogen-bond acceptors (Lipinski definition) is 5. The molecule has 0 fully saturated rings. The number of carbonyl (C=O) groups is 1. The van der Waals surface area contributed by atoms with Gasteiger partial charge in [0.2, 0.25) is 10.0 Å². The molecule has 0 aliphatic rings. The van der Waals surface area contributed by atoms with Gasteiger partial charge in [0, 0.05) is 24.2 Å². The van der Waals surface area contributed by atoms with Crippen molar-refractivity contribution in [2.45, 2.75) is 13.3 Å². The number of nitrogens with zero attached hydrogens (tertiary/aromatic N) is 1. The van der Waals surface area contributed by atoms with Gasteiger partial charge in [-0.05, 0) is 25.0 Å². The number of carbonyl (C=O) groups excluding carboxylic acids is 1. The van der Waals surface area contributed by atoms with Crippen molar-refractivity contribution in [3.8, 4) is 0 Å². The van der Waals surface area contributed by atoms with Gasteiger partial charge in [0.05, 0.1) is 10.7 Å². The lowest BCUT2D eigenvalue weighted by molar-refractivity contribution is -0.384. The largest absolute Gasteiger partial charge is 0.352 e. The number of nitro groups is 1. The Kier molecular flexibility index (Phi) is 5.17. The average Bonchev–Trinajstić information content (AvgIpc) is 2.33. The number of nitrogens with one attached hydrogen (secondary N) is 1. The summed E-state index contributed by atoms with van der Waals surface area (Å²) in [5.41, 5.74) is 0.697. The van der Waals surface area contributed by atoms with Gasteiger partial charge in [0.1, 0.15) is 0 Å². The van der Waals surface area contributed by atoms with Crippen molar-refractivity contribution in [1.29, 1.82) is 0 Å². The van der Waals surface area contributed by atoms with E-state index in [9.17, 15) is 23.3 Å². The third kappa shape index (κ3) is 4.94. The van der Waals surface area contributed by atoms with Gasteiger partial charge in [-0.15, -0.1) is 0 Å². The summed E-state index contributed by atoms with van der Waals surface area (Å²) < 4.78 is 21.4. The van der Waals surface area contributed by atoms with E-state index in [1.54, 1.807) is 6.92 Å². The molecular weight excluding hydrogens is 286 g/mol. The van der Waals surface area contributed by atoms with Gasteiger partial charge in [-0.25, -0.2) is 13.6 Å². The van der Waals surface area contributed by atoms with Crippen molar-refractivity contribution in [1.82, 2.24) is 5.32 Å². The van der Waals surface area contributed by atoms with Gasteiger partial charge in [-0.3, -0.25) is 14.9 Å². The van der Waals surface area contributed by atoms with Crippen LogP contribution in [0.2, 0.25) is 0 Å². The van der Waals surface area contributed by atoms with Crippen LogP contribution in [-0.4, -0.2) is 31.5 Å². The van der Waals surface area contributed by atoms with Crippen molar-refractivity contribution in [3.05, 3.63) is 39.4 Å². The Morgan fingerprint density at radius 2 is 2.10 bits per heavy atom. The molecule has 0 spiro atoms. The van der Waals surface area contributed by atoms with Crippen LogP contribution >= 0.6 is 0 Å². The van der Waals surface area contributed by atoms with Crippen LogP contribution in [-0.2, 0) is 10.0 Å². The number of aryl methyl sites for hydroxylation is 1. The highest BCUT2D eigenvalue weighted by atomic mass is 32.2. The molecule has 8 nitrogen and oxygen atoms in total. The van der Waals surface area contributed by atoms with Crippen molar-refractivity contribution in [2.24, 2.45) is 5.14 Å². The Hall–Kier alpha value is -2.00. The smallest absolute Gasteiger partial charge is 0.269 e. The number of sulfonamides is 1. The molecule has 1 aromatic rings. The zero-order chi connectivity index (χ0) is 15.3. The first-order chi connectivity index (χ1) is 9.20. The van der Waals surface area contributed by atoms with Crippen LogP contribution in [0.1, 0.15) is 22.3 Å². The molecule has 0 heterocycles. The molecular formula is C11H15N3O5S. The van der Waals surface area contributed by atoms with Crippen LogP contribution in [0, 0.1) is 17.0 Å². The van der Waals surface area contributed by atoms with Crippen molar-refractivity contribution >= 4 is 21.6 Å². The lowest BCUT2D eigenvalue weighted by Crippen LogP contribution is -2.27. The van der Waals surface area contributed by atoms with Gasteiger partial charge in [0.15, 0.2) is 0 Å². The molecule has 0 atom stereocenters. The Morgan fingerprint density at radius 3 is 2.60 bits per heavy atom. The van der Waals surface area contributed by atoms with E-state index in [2.05, 4.69) is 5.32 Å². The monoisotopic (exact) mass is 301 g/mol. The molecule has 0 radical (unpaired) electrons. The summed E-state index contributed by atoms with van der Waals surface area (Å²) in [6, 6.07) is 3.91. The minimum Gasteiger partial charge on any atom is -0.352 e. The molecule has 110 valence electrons. The summed E-state index contributed by atoms with van der Waals surface area (Å²) in [7, 11) is -3.54. The highest BCUT2D eigenvalue weighted by Gasteiger charge is 2.13. The van der Waals surface area contributed by atoms with E-state index < -0.39 is 20.9 Å². The molecule has 0 bridgehead atoms. The third-order valence-corrected chi connectivity index (χ3v) is 3.41. The molecule has 1 rings (SSSR count). The standard InChI is InChI=1S/C11H15N3O5S/c1-8-7-9(14(16)17)3-4-10(8)11(15)13-5-2-6-20(12,18)19/h3-4,7H,2,5-6H2,1H3,(H,13,15)(H2,12,18,19). The lowest BCUT2D eigenvalue weighted by Gasteiger charge is -2.07. The van der Waals surface area contributed by atoms with E-state index in [1.165, 1.54) is 18.2 Å². The molecule has 0 aliphatic heterocycles. The first-order valence-corrected chi connectivity index (χ1v) is 7.46. The Morgan fingerprint density at radius 1 is 1.45 bits per heavy atom. The second-order valence-corrected chi connectivity index (χ2v) is 5.97. The molecule has 9 heteroatoms. The van der Waals surface area contributed by atoms with Gasteiger partial charge in [-0.1, -0.05) is 0 Å². The number of amides is 1. The van der Waals surface area contributed by atoms with E-state index in [-0.39, 0.29) is 24.4 Å². The zero-order valence-corrected chi connectivity index (χ0v) is 11.6. The fourth-order valence-electron chi connectivity index (χ4n) is 1.59. The number of hydrogen-bond donors (Lipinski definition) is 2. The number of non-ortho nitro benzene ring substituents is 1. The van der Waals surface area contributed by atoms with Gasteiger partial charge in [0.25, 0.3) is 11.6 Å². The molecule has 0 saturated carbocycles. The van der Waals surface area contributed by atoms with E-state index in [4.69, 9.17) is 5.14 Å². The first-order valence-electron chi connectivity index (χ1n) is 5.74. The van der Waals surface area contributed by atoms with E-state index >= 15 is 0 Å². The molecule has 20 heavy (non-hydrogen) atoms. The summed E-state index contributed by atoms with van der Waals surface area (Å²) >= 11 is 0. The predicted octanol–water partition coefficient (Wildman–Crippen LogP) is 0.312. The van der Waals surface area contributed by atoms with E-state index in [0.717, 1.165) is 0 Å². The van der Waals surface area contributed by atoms with Crippen LogP contribution in [0.3, 0.4) is 0 Å². The van der Waals surface area contributed by atoms with E-state index in [0.29, 0.717) is 11.1 Å². The molecule has 0 aliphatic carbocycles. The maximum atomic E-state index is 11.8. The molecule has 1 amide bonds. The number of nitro benzene ring substituents is 1. The van der Waals surface area contributed by atoms with Gasteiger partial charge < -0.3 is 5.32 Å². The SMILES string of the molecule is Cc1cc([N+](=O)[O-])ccc1C(=O)NCCCS(N)(=O)=O. The summed E-state index contributed by atoms with van der Waals surface area (Å²) in [6.07, 6.45) is 0.205. The third-order valence-electron chi connectivity index (χ3n) is 2.56. The highest BCUT2D eigenvalue weighted by molar-refractivity contribution is 7.89. The molecule has 0 aromatic heterocycles.